The van der Waals surface area contributed by atoms with Gasteiger partial charge >= 0.3 is 0 Å². The van der Waals surface area contributed by atoms with Gasteiger partial charge in [-0.1, -0.05) is 19.1 Å². The Hall–Kier alpha value is -1.37. The largest absolute Gasteiger partial charge is 0.302 e. The number of carbonyl (C=O) groups excluding carboxylic acids is 1. The highest BCUT2D eigenvalue weighted by Gasteiger charge is 2.20. The number of carbonyl (C=O) groups is 1. The van der Waals surface area contributed by atoms with Gasteiger partial charge in [-0.25, -0.2) is 4.98 Å². The van der Waals surface area contributed by atoms with E-state index in [2.05, 4.69) is 34.3 Å². The predicted octanol–water partition coefficient (Wildman–Crippen LogP) is 3.42. The highest BCUT2D eigenvalue weighted by molar-refractivity contribution is 7.98. The Balaban J connectivity index is 1.60. The van der Waals surface area contributed by atoms with Gasteiger partial charge in [-0.3, -0.25) is 9.69 Å². The first-order valence-electron chi connectivity index (χ1n) is 7.81. The molecule has 0 radical (unpaired) electrons. The second-order valence-electron chi connectivity index (χ2n) is 5.58. The van der Waals surface area contributed by atoms with Gasteiger partial charge in [-0.2, -0.15) is 0 Å². The summed E-state index contributed by atoms with van der Waals surface area (Å²) in [7, 11) is 0. The number of aromatic nitrogens is 1. The molecule has 1 aromatic heterocycles. The lowest BCUT2D eigenvalue weighted by Gasteiger charge is -2.23. The number of rotatable bonds is 5. The molecule has 0 atom stereocenters. The molecule has 23 heavy (non-hydrogen) atoms. The fourth-order valence-corrected chi connectivity index (χ4v) is 4.14. The van der Waals surface area contributed by atoms with E-state index in [4.69, 9.17) is 0 Å². The monoisotopic (exact) mass is 347 g/mol. The van der Waals surface area contributed by atoms with E-state index in [9.17, 15) is 4.79 Å². The topological polar surface area (TPSA) is 45.2 Å². The third-order valence-corrected chi connectivity index (χ3v) is 5.77. The first-order valence-corrected chi connectivity index (χ1v) is 9.85. The van der Waals surface area contributed by atoms with Gasteiger partial charge in [0, 0.05) is 29.3 Å². The van der Waals surface area contributed by atoms with E-state index in [-0.39, 0.29) is 5.91 Å². The molecule has 0 unspecified atom stereocenters. The summed E-state index contributed by atoms with van der Waals surface area (Å²) >= 11 is 3.31. The fourth-order valence-electron chi connectivity index (χ4n) is 2.66. The van der Waals surface area contributed by atoms with Crippen molar-refractivity contribution in [2.45, 2.75) is 31.2 Å². The van der Waals surface area contributed by atoms with Crippen molar-refractivity contribution in [1.82, 2.24) is 9.88 Å². The van der Waals surface area contributed by atoms with Crippen LogP contribution in [-0.2, 0) is 24.2 Å². The van der Waals surface area contributed by atoms with Crippen LogP contribution in [0.1, 0.15) is 23.1 Å². The molecule has 0 saturated heterocycles. The molecule has 0 bridgehead atoms. The molecule has 1 aliphatic heterocycles. The first kappa shape index (κ1) is 16.5. The number of amides is 1. The lowest BCUT2D eigenvalue weighted by Crippen LogP contribution is -2.29. The predicted molar refractivity (Wildman–Crippen MR) is 97.3 cm³/mol. The molecule has 0 aliphatic carbocycles. The van der Waals surface area contributed by atoms with Gasteiger partial charge in [0.05, 0.1) is 12.1 Å². The van der Waals surface area contributed by atoms with Crippen molar-refractivity contribution in [1.29, 1.82) is 0 Å². The van der Waals surface area contributed by atoms with Crippen molar-refractivity contribution in [2.75, 3.05) is 24.7 Å². The van der Waals surface area contributed by atoms with Gasteiger partial charge in [0.2, 0.25) is 5.91 Å². The Morgan fingerprint density at radius 1 is 1.39 bits per heavy atom. The average molecular weight is 348 g/mol. The van der Waals surface area contributed by atoms with Crippen LogP contribution in [0, 0.1) is 0 Å². The number of nitrogens with one attached hydrogen (secondary N) is 1. The molecule has 0 fully saturated rings. The zero-order valence-corrected chi connectivity index (χ0v) is 15.1. The van der Waals surface area contributed by atoms with Crippen LogP contribution in [0.3, 0.4) is 0 Å². The Labute approximate surface area is 145 Å². The number of benzene rings is 1. The van der Waals surface area contributed by atoms with Gasteiger partial charge < -0.3 is 5.32 Å². The molecule has 1 N–H and O–H groups in total. The van der Waals surface area contributed by atoms with Gasteiger partial charge in [-0.15, -0.1) is 23.1 Å². The van der Waals surface area contributed by atoms with E-state index in [0.29, 0.717) is 6.42 Å². The zero-order valence-electron chi connectivity index (χ0n) is 13.5. The summed E-state index contributed by atoms with van der Waals surface area (Å²) < 4.78 is 0. The Morgan fingerprint density at radius 3 is 2.87 bits per heavy atom. The summed E-state index contributed by atoms with van der Waals surface area (Å²) in [5, 5.41) is 3.69. The average Bonchev–Trinajstić information content (AvgIpc) is 2.96. The van der Waals surface area contributed by atoms with Crippen LogP contribution in [0.25, 0.3) is 0 Å². The number of fused-ring (bicyclic) bond motifs is 1. The number of thiazole rings is 1. The molecule has 1 aliphatic rings. The summed E-state index contributed by atoms with van der Waals surface area (Å²) in [5.41, 5.74) is 2.18. The molecule has 2 heterocycles. The normalized spacial score (nSPS) is 14.5. The van der Waals surface area contributed by atoms with Crippen molar-refractivity contribution in [3.8, 4) is 0 Å². The van der Waals surface area contributed by atoms with E-state index < -0.39 is 0 Å². The maximum Gasteiger partial charge on any atom is 0.230 e. The lowest BCUT2D eigenvalue weighted by molar-refractivity contribution is -0.115. The van der Waals surface area contributed by atoms with E-state index in [1.807, 2.05) is 18.4 Å². The molecule has 1 aromatic carbocycles. The third kappa shape index (κ3) is 4.13. The summed E-state index contributed by atoms with van der Waals surface area (Å²) in [6, 6.07) is 8.12. The summed E-state index contributed by atoms with van der Waals surface area (Å²) in [5.74, 6) is 0.000320. The second-order valence-corrected chi connectivity index (χ2v) is 7.54. The summed E-state index contributed by atoms with van der Waals surface area (Å²) in [4.78, 5) is 21.7. The van der Waals surface area contributed by atoms with Gasteiger partial charge in [0.15, 0.2) is 5.13 Å². The molecule has 0 saturated carbocycles. The molecule has 6 heteroatoms. The second kappa shape index (κ2) is 7.47. The van der Waals surface area contributed by atoms with E-state index in [1.54, 1.807) is 23.1 Å². The Kier molecular flexibility index (Phi) is 5.35. The van der Waals surface area contributed by atoms with Crippen molar-refractivity contribution in [3.05, 3.63) is 40.4 Å². The number of nitrogens with zero attached hydrogens (tertiary/aromatic N) is 2. The zero-order chi connectivity index (χ0) is 16.2. The smallest absolute Gasteiger partial charge is 0.230 e. The van der Waals surface area contributed by atoms with Crippen LogP contribution in [0.15, 0.2) is 29.2 Å². The van der Waals surface area contributed by atoms with Crippen LogP contribution in [-0.4, -0.2) is 35.1 Å². The SMILES string of the molecule is CCN1CCc2nc(NC(=O)Cc3ccc(SC)cc3)sc2C1. The first-order chi connectivity index (χ1) is 11.2. The van der Waals surface area contributed by atoms with E-state index >= 15 is 0 Å². The Morgan fingerprint density at radius 2 is 2.17 bits per heavy atom. The maximum atomic E-state index is 12.2. The molecule has 122 valence electrons. The number of anilines is 1. The van der Waals surface area contributed by atoms with Crippen LogP contribution in [0.2, 0.25) is 0 Å². The lowest BCUT2D eigenvalue weighted by atomic mass is 10.1. The number of likely N-dealkylation sites (N-methyl/N-ethyl adjacent to an activating group) is 1. The van der Waals surface area contributed by atoms with Crippen LogP contribution in [0.4, 0.5) is 5.13 Å². The molecule has 3 rings (SSSR count). The molecule has 2 aromatic rings. The van der Waals surface area contributed by atoms with Crippen molar-refractivity contribution >= 4 is 34.1 Å². The minimum absolute atomic E-state index is 0.000320. The van der Waals surface area contributed by atoms with E-state index in [1.165, 1.54) is 9.77 Å². The minimum atomic E-state index is 0.000320. The molecule has 1 amide bonds. The van der Waals surface area contributed by atoms with Crippen molar-refractivity contribution in [2.24, 2.45) is 0 Å². The Bertz CT molecular complexity index is 682. The molecular formula is C17H21N3OS2. The standard InChI is InChI=1S/C17H21N3OS2/c1-3-20-9-8-14-15(11-20)23-17(18-14)19-16(21)10-12-4-6-13(22-2)7-5-12/h4-7H,3,8-11H2,1-2H3,(H,18,19,21). The van der Waals surface area contributed by atoms with Crippen molar-refractivity contribution < 1.29 is 4.79 Å². The van der Waals surface area contributed by atoms with E-state index in [0.717, 1.165) is 42.4 Å². The molecular weight excluding hydrogens is 326 g/mol. The number of thioether (sulfide) groups is 1. The third-order valence-electron chi connectivity index (χ3n) is 4.03. The molecule has 4 nitrogen and oxygen atoms in total. The van der Waals surface area contributed by atoms with Crippen LogP contribution >= 0.6 is 23.1 Å². The van der Waals surface area contributed by atoms with Gasteiger partial charge in [0.1, 0.15) is 0 Å². The number of hydrogen-bond acceptors (Lipinski definition) is 5. The quantitative estimate of drug-likeness (QED) is 0.842. The summed E-state index contributed by atoms with van der Waals surface area (Å²) in [6.45, 7) is 5.25. The van der Waals surface area contributed by atoms with Crippen LogP contribution < -0.4 is 5.32 Å². The fraction of sp³-hybridized carbons (Fsp3) is 0.412. The summed E-state index contributed by atoms with van der Waals surface area (Å²) in [6.07, 6.45) is 3.41. The maximum absolute atomic E-state index is 12.2. The van der Waals surface area contributed by atoms with Gasteiger partial charge in [0.25, 0.3) is 0 Å². The van der Waals surface area contributed by atoms with Gasteiger partial charge in [-0.05, 0) is 30.5 Å². The highest BCUT2D eigenvalue weighted by atomic mass is 32.2. The number of hydrogen-bond donors (Lipinski definition) is 1. The molecule has 0 spiro atoms. The van der Waals surface area contributed by atoms with Crippen molar-refractivity contribution in [3.63, 3.8) is 0 Å². The van der Waals surface area contributed by atoms with Crippen LogP contribution in [0.5, 0.6) is 0 Å². The minimum Gasteiger partial charge on any atom is -0.302 e. The highest BCUT2D eigenvalue weighted by Crippen LogP contribution is 2.28.